The maximum absolute atomic E-state index is 10.6. The monoisotopic (exact) mass is 180 g/mol. The van der Waals surface area contributed by atoms with Crippen LogP contribution in [0.25, 0.3) is 0 Å². The molecular weight excluding hydrogens is 160 g/mol. The molecule has 0 radical (unpaired) electrons. The molecule has 0 amide bonds. The van der Waals surface area contributed by atoms with Gasteiger partial charge in [0.2, 0.25) is 0 Å². The number of carbonyl (C=O) groups is 1. The van der Waals surface area contributed by atoms with E-state index in [-0.39, 0.29) is 5.78 Å². The van der Waals surface area contributed by atoms with E-state index < -0.39 is 0 Å². The Hall–Kier alpha value is -0.850. The fourth-order valence-corrected chi connectivity index (χ4v) is 0.869. The van der Waals surface area contributed by atoms with E-state index in [2.05, 4.69) is 32.9 Å². The van der Waals surface area contributed by atoms with Crippen LogP contribution in [0.3, 0.4) is 0 Å². The predicted octanol–water partition coefficient (Wildman–Crippen LogP) is 3.66. The minimum atomic E-state index is 0.267. The molecule has 0 rings (SSSR count). The van der Waals surface area contributed by atoms with E-state index in [9.17, 15) is 4.79 Å². The molecule has 0 N–H and O–H groups in total. The molecule has 13 heavy (non-hydrogen) atoms. The van der Waals surface area contributed by atoms with Gasteiger partial charge in [-0.05, 0) is 40.5 Å². The molecule has 0 atom stereocenters. The van der Waals surface area contributed by atoms with Crippen molar-refractivity contribution in [3.63, 3.8) is 0 Å². The highest BCUT2D eigenvalue weighted by Crippen LogP contribution is 2.07. The van der Waals surface area contributed by atoms with Crippen LogP contribution in [0, 0.1) is 0 Å². The van der Waals surface area contributed by atoms with Gasteiger partial charge in [-0.25, -0.2) is 0 Å². The van der Waals surface area contributed by atoms with Crippen LogP contribution in [-0.2, 0) is 4.79 Å². The van der Waals surface area contributed by atoms with E-state index in [1.165, 1.54) is 11.1 Å². The van der Waals surface area contributed by atoms with Gasteiger partial charge in [0.25, 0.3) is 0 Å². The number of ketones is 1. The number of allylic oxidation sites excluding steroid dienone is 4. The summed E-state index contributed by atoms with van der Waals surface area (Å²) in [5, 5.41) is 0. The number of rotatable bonds is 5. The number of hydrogen-bond donors (Lipinski definition) is 0. The molecule has 0 heterocycles. The highest BCUT2D eigenvalue weighted by molar-refractivity contribution is 5.75. The van der Waals surface area contributed by atoms with Crippen molar-refractivity contribution < 1.29 is 4.79 Å². The predicted molar refractivity (Wildman–Crippen MR) is 57.7 cm³/mol. The summed E-state index contributed by atoms with van der Waals surface area (Å²) in [6.45, 7) is 8.03. The number of hydrogen-bond acceptors (Lipinski definition) is 1. The molecule has 74 valence electrons. The number of Topliss-reactive ketones (excluding diaryl/α,β-unsaturated/α-hetero) is 1. The van der Waals surface area contributed by atoms with Crippen molar-refractivity contribution in [1.82, 2.24) is 0 Å². The summed E-state index contributed by atoms with van der Waals surface area (Å²) >= 11 is 0. The molecule has 0 fully saturated rings. The summed E-state index contributed by atoms with van der Waals surface area (Å²) in [6.07, 6.45) is 6.80. The van der Waals surface area contributed by atoms with Crippen LogP contribution < -0.4 is 0 Å². The third kappa shape index (κ3) is 7.51. The lowest BCUT2D eigenvalue weighted by Gasteiger charge is -1.97. The van der Waals surface area contributed by atoms with Gasteiger partial charge in [-0.2, -0.15) is 0 Å². The zero-order chi connectivity index (χ0) is 10.3. The number of carbonyl (C=O) groups excluding carboxylic acids is 1. The largest absolute Gasteiger partial charge is 0.300 e. The first kappa shape index (κ1) is 12.2. The molecule has 0 saturated heterocycles. The Labute approximate surface area is 81.5 Å². The van der Waals surface area contributed by atoms with Crippen LogP contribution in [0.5, 0.6) is 0 Å². The van der Waals surface area contributed by atoms with Gasteiger partial charge in [0.15, 0.2) is 0 Å². The van der Waals surface area contributed by atoms with Gasteiger partial charge in [-0.15, -0.1) is 0 Å². The third-order valence-electron chi connectivity index (χ3n) is 2.11. The zero-order valence-corrected chi connectivity index (χ0v) is 9.18. The first-order valence-corrected chi connectivity index (χ1v) is 4.81. The molecule has 0 bridgehead atoms. The van der Waals surface area contributed by atoms with Gasteiger partial charge >= 0.3 is 0 Å². The van der Waals surface area contributed by atoms with Gasteiger partial charge in [0, 0.05) is 6.42 Å². The molecular formula is C12H20O. The molecule has 0 saturated carbocycles. The van der Waals surface area contributed by atoms with E-state index in [1.807, 2.05) is 0 Å². The van der Waals surface area contributed by atoms with Crippen LogP contribution in [0.4, 0.5) is 0 Å². The summed E-state index contributed by atoms with van der Waals surface area (Å²) in [4.78, 5) is 10.6. The van der Waals surface area contributed by atoms with Gasteiger partial charge < -0.3 is 4.79 Å². The Morgan fingerprint density at radius 1 is 1.08 bits per heavy atom. The average molecular weight is 180 g/mol. The van der Waals surface area contributed by atoms with Gasteiger partial charge in [-0.3, -0.25) is 0 Å². The lowest BCUT2D eigenvalue weighted by Crippen LogP contribution is -1.86. The molecule has 0 aromatic carbocycles. The van der Waals surface area contributed by atoms with E-state index in [0.717, 1.165) is 12.8 Å². The van der Waals surface area contributed by atoms with Crippen molar-refractivity contribution in [3.8, 4) is 0 Å². The van der Waals surface area contributed by atoms with Crippen LogP contribution >= 0.6 is 0 Å². The molecule has 0 aliphatic rings. The van der Waals surface area contributed by atoms with Crippen molar-refractivity contribution >= 4 is 5.78 Å². The van der Waals surface area contributed by atoms with Crippen molar-refractivity contribution in [2.45, 2.75) is 47.0 Å². The average Bonchev–Trinajstić information content (AvgIpc) is 2.02. The summed E-state index contributed by atoms with van der Waals surface area (Å²) < 4.78 is 0. The Bertz CT molecular complexity index is 217. The highest BCUT2D eigenvalue weighted by Gasteiger charge is 1.90. The maximum Gasteiger partial charge on any atom is 0.130 e. The van der Waals surface area contributed by atoms with Crippen molar-refractivity contribution in [3.05, 3.63) is 23.3 Å². The molecule has 0 aliphatic carbocycles. The van der Waals surface area contributed by atoms with E-state index in [4.69, 9.17) is 0 Å². The van der Waals surface area contributed by atoms with Crippen molar-refractivity contribution in [2.75, 3.05) is 0 Å². The van der Waals surface area contributed by atoms with Crippen molar-refractivity contribution in [1.29, 1.82) is 0 Å². The van der Waals surface area contributed by atoms with Crippen LogP contribution in [0.15, 0.2) is 23.3 Å². The Morgan fingerprint density at radius 2 is 1.69 bits per heavy atom. The van der Waals surface area contributed by atoms with Gasteiger partial charge in [0.1, 0.15) is 5.78 Å². The van der Waals surface area contributed by atoms with E-state index >= 15 is 0 Å². The molecule has 0 spiro atoms. The van der Waals surface area contributed by atoms with Gasteiger partial charge in [0.05, 0.1) is 0 Å². The standard InChI is InChI=1S/C12H20O/c1-10(2)11(3)8-6-5-7-9-12(4)13/h5-6H,7-9H2,1-4H3/b6-5+. The summed E-state index contributed by atoms with van der Waals surface area (Å²) in [5.74, 6) is 0.267. The van der Waals surface area contributed by atoms with Crippen LogP contribution in [-0.4, -0.2) is 5.78 Å². The minimum absolute atomic E-state index is 0.267. The Morgan fingerprint density at radius 3 is 2.15 bits per heavy atom. The van der Waals surface area contributed by atoms with Crippen LogP contribution in [0.2, 0.25) is 0 Å². The molecule has 1 heteroatoms. The Kier molecular flexibility index (Phi) is 6.21. The van der Waals surface area contributed by atoms with Crippen molar-refractivity contribution in [2.24, 2.45) is 0 Å². The highest BCUT2D eigenvalue weighted by atomic mass is 16.1. The third-order valence-corrected chi connectivity index (χ3v) is 2.11. The second-order valence-corrected chi connectivity index (χ2v) is 3.70. The minimum Gasteiger partial charge on any atom is -0.300 e. The SMILES string of the molecule is CC(=O)CC/C=C/CC(C)=C(C)C. The molecule has 0 unspecified atom stereocenters. The molecule has 0 aliphatic heterocycles. The second-order valence-electron chi connectivity index (χ2n) is 3.70. The fraction of sp³-hybridized carbons (Fsp3) is 0.583. The summed E-state index contributed by atoms with van der Waals surface area (Å²) in [6, 6.07) is 0. The topological polar surface area (TPSA) is 17.1 Å². The van der Waals surface area contributed by atoms with E-state index in [1.54, 1.807) is 6.92 Å². The van der Waals surface area contributed by atoms with Crippen LogP contribution in [0.1, 0.15) is 47.0 Å². The lowest BCUT2D eigenvalue weighted by atomic mass is 10.1. The second kappa shape index (κ2) is 6.64. The fourth-order valence-electron chi connectivity index (χ4n) is 0.869. The molecule has 0 aromatic heterocycles. The first-order chi connectivity index (χ1) is 6.04. The smallest absolute Gasteiger partial charge is 0.130 e. The quantitative estimate of drug-likeness (QED) is 0.590. The molecule has 1 nitrogen and oxygen atoms in total. The zero-order valence-electron chi connectivity index (χ0n) is 9.18. The summed E-state index contributed by atoms with van der Waals surface area (Å²) in [5.41, 5.74) is 2.80. The maximum atomic E-state index is 10.6. The normalized spacial score (nSPS) is 10.5. The van der Waals surface area contributed by atoms with Gasteiger partial charge in [-0.1, -0.05) is 23.3 Å². The lowest BCUT2D eigenvalue weighted by molar-refractivity contribution is -0.116. The first-order valence-electron chi connectivity index (χ1n) is 4.81. The molecule has 0 aromatic rings. The Balaban J connectivity index is 3.65. The van der Waals surface area contributed by atoms with E-state index in [0.29, 0.717) is 6.42 Å². The summed E-state index contributed by atoms with van der Waals surface area (Å²) in [7, 11) is 0.